The van der Waals surface area contributed by atoms with Gasteiger partial charge in [-0.1, -0.05) is 0 Å². The first-order chi connectivity index (χ1) is 7.69. The lowest BCUT2D eigenvalue weighted by Crippen LogP contribution is -2.15. The van der Waals surface area contributed by atoms with Crippen LogP contribution in [0.5, 0.6) is 0 Å². The fourth-order valence-corrected chi connectivity index (χ4v) is 3.34. The number of halogens is 1. The van der Waals surface area contributed by atoms with Gasteiger partial charge in [0.25, 0.3) is 0 Å². The van der Waals surface area contributed by atoms with Crippen molar-refractivity contribution < 1.29 is 0 Å². The summed E-state index contributed by atoms with van der Waals surface area (Å²) < 4.78 is 1.16. The first kappa shape index (κ1) is 12.0. The van der Waals surface area contributed by atoms with Crippen molar-refractivity contribution >= 4 is 43.7 Å². The van der Waals surface area contributed by atoms with E-state index in [4.69, 9.17) is 5.73 Å². The summed E-state index contributed by atoms with van der Waals surface area (Å²) >= 11 is 6.80. The van der Waals surface area contributed by atoms with Crippen LogP contribution in [-0.2, 0) is 13.1 Å². The van der Waals surface area contributed by atoms with Gasteiger partial charge in [0, 0.05) is 25.5 Å². The second-order valence-corrected chi connectivity index (χ2v) is 6.57. The number of thiophene rings is 1. The molecule has 0 amide bonds. The highest BCUT2D eigenvalue weighted by atomic mass is 79.9. The predicted octanol–water partition coefficient (Wildman–Crippen LogP) is 3.06. The molecule has 2 rings (SSSR count). The maximum atomic E-state index is 5.54. The Morgan fingerprint density at radius 3 is 2.81 bits per heavy atom. The highest BCUT2D eigenvalue weighted by Crippen LogP contribution is 2.25. The summed E-state index contributed by atoms with van der Waals surface area (Å²) in [5, 5.41) is 5.18. The summed E-state index contributed by atoms with van der Waals surface area (Å²) in [7, 11) is 2.05. The quantitative estimate of drug-likeness (QED) is 0.942. The van der Waals surface area contributed by atoms with E-state index in [1.54, 1.807) is 22.7 Å². The molecule has 2 aromatic rings. The lowest BCUT2D eigenvalue weighted by Gasteiger charge is -2.14. The van der Waals surface area contributed by atoms with Gasteiger partial charge in [0.15, 0.2) is 5.13 Å². The number of rotatable bonds is 4. The Labute approximate surface area is 111 Å². The second kappa shape index (κ2) is 5.27. The smallest absolute Gasteiger partial charge is 0.185 e. The van der Waals surface area contributed by atoms with Crippen molar-refractivity contribution in [3.63, 3.8) is 0 Å². The van der Waals surface area contributed by atoms with Crippen LogP contribution in [0.3, 0.4) is 0 Å². The first-order valence-electron chi connectivity index (χ1n) is 4.77. The second-order valence-electron chi connectivity index (χ2n) is 3.44. The van der Waals surface area contributed by atoms with E-state index in [1.807, 2.05) is 12.4 Å². The minimum absolute atomic E-state index is 0.508. The molecule has 2 aromatic heterocycles. The summed E-state index contributed by atoms with van der Waals surface area (Å²) in [6.07, 6.45) is 0. The molecule has 16 heavy (non-hydrogen) atoms. The molecule has 2 N–H and O–H groups in total. The van der Waals surface area contributed by atoms with Crippen molar-refractivity contribution in [2.45, 2.75) is 13.1 Å². The van der Waals surface area contributed by atoms with Gasteiger partial charge >= 0.3 is 0 Å². The number of hydrogen-bond acceptors (Lipinski definition) is 5. The van der Waals surface area contributed by atoms with Gasteiger partial charge < -0.3 is 10.6 Å². The third-order valence-electron chi connectivity index (χ3n) is 2.12. The van der Waals surface area contributed by atoms with Crippen molar-refractivity contribution in [2.24, 2.45) is 5.73 Å². The molecule has 3 nitrogen and oxygen atoms in total. The van der Waals surface area contributed by atoms with Crippen LogP contribution in [0.2, 0.25) is 0 Å². The van der Waals surface area contributed by atoms with Gasteiger partial charge in [-0.05, 0) is 32.9 Å². The van der Waals surface area contributed by atoms with Gasteiger partial charge in [0.05, 0.1) is 9.48 Å². The largest absolute Gasteiger partial charge is 0.347 e. The van der Waals surface area contributed by atoms with E-state index >= 15 is 0 Å². The molecule has 86 valence electrons. The maximum Gasteiger partial charge on any atom is 0.185 e. The molecule has 0 aliphatic carbocycles. The minimum Gasteiger partial charge on any atom is -0.347 e. The van der Waals surface area contributed by atoms with E-state index in [-0.39, 0.29) is 0 Å². The van der Waals surface area contributed by atoms with Crippen LogP contribution in [0.4, 0.5) is 5.13 Å². The fourth-order valence-electron chi connectivity index (χ4n) is 1.34. The molecule has 0 spiro atoms. The molecule has 0 aliphatic rings. The molecule has 0 bridgehead atoms. The Balaban J connectivity index is 2.05. The Kier molecular flexibility index (Phi) is 3.96. The molecule has 0 unspecified atom stereocenters. The number of hydrogen-bond donors (Lipinski definition) is 1. The Morgan fingerprint density at radius 2 is 2.25 bits per heavy atom. The number of aromatic nitrogens is 1. The van der Waals surface area contributed by atoms with Gasteiger partial charge in [0.2, 0.25) is 0 Å². The third-order valence-corrected chi connectivity index (χ3v) is 4.67. The lowest BCUT2D eigenvalue weighted by molar-refractivity contribution is 0.903. The molecule has 0 fully saturated rings. The lowest BCUT2D eigenvalue weighted by atomic mass is 10.3. The fraction of sp³-hybridized carbons (Fsp3) is 0.300. The van der Waals surface area contributed by atoms with Crippen molar-refractivity contribution in [3.05, 3.63) is 31.9 Å². The highest BCUT2D eigenvalue weighted by Gasteiger charge is 2.07. The summed E-state index contributed by atoms with van der Waals surface area (Å²) in [5.41, 5.74) is 7.79. The molecule has 6 heteroatoms. The number of nitrogens with two attached hydrogens (primary N) is 1. The van der Waals surface area contributed by atoms with Crippen LogP contribution in [-0.4, -0.2) is 12.0 Å². The van der Waals surface area contributed by atoms with Gasteiger partial charge in [-0.15, -0.1) is 22.7 Å². The van der Waals surface area contributed by atoms with Crippen molar-refractivity contribution in [3.8, 4) is 0 Å². The summed E-state index contributed by atoms with van der Waals surface area (Å²) in [5.74, 6) is 0. The van der Waals surface area contributed by atoms with E-state index in [0.717, 1.165) is 21.2 Å². The van der Waals surface area contributed by atoms with Crippen LogP contribution >= 0.6 is 38.6 Å². The van der Waals surface area contributed by atoms with E-state index in [1.165, 1.54) is 5.56 Å². The molecule has 0 aliphatic heterocycles. The molecule has 0 saturated heterocycles. The average molecular weight is 318 g/mol. The Bertz CT molecular complexity index is 466. The van der Waals surface area contributed by atoms with E-state index in [9.17, 15) is 0 Å². The van der Waals surface area contributed by atoms with Crippen molar-refractivity contribution in [1.82, 2.24) is 4.98 Å². The highest BCUT2D eigenvalue weighted by molar-refractivity contribution is 9.11. The normalized spacial score (nSPS) is 10.7. The van der Waals surface area contributed by atoms with Crippen LogP contribution in [0.1, 0.15) is 11.3 Å². The van der Waals surface area contributed by atoms with Gasteiger partial charge in [0.1, 0.15) is 0 Å². The van der Waals surface area contributed by atoms with Gasteiger partial charge in [-0.2, -0.15) is 0 Å². The van der Waals surface area contributed by atoms with Crippen LogP contribution in [0.25, 0.3) is 0 Å². The molecule has 0 radical (unpaired) electrons. The Hall–Kier alpha value is -0.430. The van der Waals surface area contributed by atoms with Crippen molar-refractivity contribution in [1.29, 1.82) is 0 Å². The summed E-state index contributed by atoms with van der Waals surface area (Å²) in [4.78, 5) is 6.58. The Morgan fingerprint density at radius 1 is 1.44 bits per heavy atom. The van der Waals surface area contributed by atoms with Crippen LogP contribution in [0, 0.1) is 0 Å². The molecule has 0 saturated carbocycles. The minimum atomic E-state index is 0.508. The molecule has 2 heterocycles. The van der Waals surface area contributed by atoms with E-state index in [0.29, 0.717) is 6.54 Å². The standard InChI is InChI=1S/C10H12BrN3S2/c1-14(4-7-2-9(11)15-5-7)10-13-8(3-12)6-16-10/h2,5-6H,3-4,12H2,1H3. The molecular weight excluding hydrogens is 306 g/mol. The molecule has 0 atom stereocenters. The summed E-state index contributed by atoms with van der Waals surface area (Å²) in [6.45, 7) is 1.38. The zero-order valence-electron chi connectivity index (χ0n) is 8.81. The number of nitrogens with zero attached hydrogens (tertiary/aromatic N) is 2. The van der Waals surface area contributed by atoms with E-state index in [2.05, 4.69) is 37.3 Å². The summed E-state index contributed by atoms with van der Waals surface area (Å²) in [6, 6.07) is 2.14. The zero-order valence-corrected chi connectivity index (χ0v) is 12.0. The maximum absolute atomic E-state index is 5.54. The zero-order chi connectivity index (χ0) is 11.5. The predicted molar refractivity (Wildman–Crippen MR) is 74.1 cm³/mol. The molecule has 0 aromatic carbocycles. The average Bonchev–Trinajstić information content (AvgIpc) is 2.87. The number of anilines is 1. The van der Waals surface area contributed by atoms with Gasteiger partial charge in [-0.25, -0.2) is 4.98 Å². The van der Waals surface area contributed by atoms with Crippen LogP contribution < -0.4 is 10.6 Å². The number of thiazole rings is 1. The molecular formula is C10H12BrN3S2. The van der Waals surface area contributed by atoms with Gasteiger partial charge in [-0.3, -0.25) is 0 Å². The topological polar surface area (TPSA) is 42.2 Å². The van der Waals surface area contributed by atoms with Crippen LogP contribution in [0.15, 0.2) is 20.6 Å². The van der Waals surface area contributed by atoms with E-state index < -0.39 is 0 Å². The monoisotopic (exact) mass is 317 g/mol. The SMILES string of the molecule is CN(Cc1csc(Br)c1)c1nc(CN)cs1. The third kappa shape index (κ3) is 2.82. The first-order valence-corrected chi connectivity index (χ1v) is 7.33. The van der Waals surface area contributed by atoms with Crippen molar-refractivity contribution in [2.75, 3.05) is 11.9 Å².